The van der Waals surface area contributed by atoms with Crippen LogP contribution in [0.1, 0.15) is 58.9 Å². The van der Waals surface area contributed by atoms with Gasteiger partial charge in [-0.3, -0.25) is 9.59 Å². The third kappa shape index (κ3) is 5.84. The van der Waals surface area contributed by atoms with Gasteiger partial charge in [0.05, 0.1) is 9.75 Å². The number of carbonyl (C=O) groups is 2. The summed E-state index contributed by atoms with van der Waals surface area (Å²) in [5.74, 6) is -0.356. The lowest BCUT2D eigenvalue weighted by Gasteiger charge is -2.25. The van der Waals surface area contributed by atoms with Crippen molar-refractivity contribution in [3.63, 3.8) is 0 Å². The van der Waals surface area contributed by atoms with Crippen LogP contribution in [0, 0.1) is 0 Å². The number of unbranched alkanes of at least 4 members (excludes halogenated alkanes) is 2. The molecule has 0 amide bonds. The molecule has 2 atom stereocenters. The summed E-state index contributed by atoms with van der Waals surface area (Å²) in [6.07, 6.45) is 1.77. The Labute approximate surface area is 163 Å². The fourth-order valence-corrected chi connectivity index (χ4v) is 3.81. The highest BCUT2D eigenvalue weighted by Gasteiger charge is 2.37. The minimum Gasteiger partial charge on any atom is -0.367 e. The van der Waals surface area contributed by atoms with Crippen molar-refractivity contribution in [2.75, 3.05) is 13.2 Å². The zero-order chi connectivity index (χ0) is 18.8. The topological polar surface area (TPSA) is 52.6 Å². The Bertz CT molecular complexity index is 591. The maximum absolute atomic E-state index is 13.0. The molecule has 0 aliphatic heterocycles. The van der Waals surface area contributed by atoms with E-state index in [0.717, 1.165) is 25.7 Å². The predicted octanol–water partition coefficient (Wildman–Crippen LogP) is 5.25. The normalized spacial score (nSPS) is 13.5. The van der Waals surface area contributed by atoms with Gasteiger partial charge in [-0.05, 0) is 35.7 Å². The van der Waals surface area contributed by atoms with Crippen LogP contribution in [0.3, 0.4) is 0 Å². The van der Waals surface area contributed by atoms with Gasteiger partial charge in [0.1, 0.15) is 0 Å². The maximum Gasteiger partial charge on any atom is 0.204 e. The number of carbonyl (C=O) groups excluding carboxylic acids is 2. The summed E-state index contributed by atoms with van der Waals surface area (Å²) in [6, 6.07) is 7.19. The van der Waals surface area contributed by atoms with Crippen molar-refractivity contribution in [1.29, 1.82) is 0 Å². The van der Waals surface area contributed by atoms with E-state index in [4.69, 9.17) is 9.47 Å². The zero-order valence-corrected chi connectivity index (χ0v) is 16.9. The molecule has 0 fully saturated rings. The fraction of sp³-hybridized carbons (Fsp3) is 0.500. The van der Waals surface area contributed by atoms with E-state index >= 15 is 0 Å². The van der Waals surface area contributed by atoms with Crippen molar-refractivity contribution in [2.24, 2.45) is 0 Å². The molecular weight excluding hydrogens is 368 g/mol. The molecule has 6 heteroatoms. The van der Waals surface area contributed by atoms with E-state index < -0.39 is 12.2 Å². The molecule has 2 aromatic heterocycles. The smallest absolute Gasteiger partial charge is 0.204 e. The molecule has 0 aromatic carbocycles. The van der Waals surface area contributed by atoms with Crippen molar-refractivity contribution in [3.05, 3.63) is 44.8 Å². The minimum absolute atomic E-state index is 0.178. The molecule has 0 bridgehead atoms. The number of Topliss-reactive ketones (excluding diaryl/α,β-unsaturated/α-hetero) is 2. The summed E-state index contributed by atoms with van der Waals surface area (Å²) < 4.78 is 11.8. The fourth-order valence-electron chi connectivity index (χ4n) is 2.43. The van der Waals surface area contributed by atoms with Crippen LogP contribution in [-0.4, -0.2) is 37.0 Å². The lowest BCUT2D eigenvalue weighted by atomic mass is 10.0. The SMILES string of the molecule is CCCCO[C@H](C(=O)c1cccs1)[C@@H](OCCCC)C(=O)c1cccs1. The zero-order valence-electron chi connectivity index (χ0n) is 15.3. The van der Waals surface area contributed by atoms with Crippen LogP contribution >= 0.6 is 22.7 Å². The second-order valence-corrected chi connectivity index (χ2v) is 7.87. The molecule has 0 radical (unpaired) electrons. The van der Waals surface area contributed by atoms with E-state index in [2.05, 4.69) is 13.8 Å². The van der Waals surface area contributed by atoms with Gasteiger partial charge in [-0.15, -0.1) is 22.7 Å². The Morgan fingerprint density at radius 2 is 1.27 bits per heavy atom. The van der Waals surface area contributed by atoms with Crippen LogP contribution in [0.15, 0.2) is 35.0 Å². The first-order chi connectivity index (χ1) is 12.7. The van der Waals surface area contributed by atoms with Crippen LogP contribution in [0.4, 0.5) is 0 Å². The van der Waals surface area contributed by atoms with Crippen LogP contribution in [-0.2, 0) is 9.47 Å². The summed E-state index contributed by atoms with van der Waals surface area (Å²) in [4.78, 5) is 27.2. The van der Waals surface area contributed by atoms with Crippen LogP contribution in [0.2, 0.25) is 0 Å². The van der Waals surface area contributed by atoms with Gasteiger partial charge in [-0.25, -0.2) is 0 Å². The van der Waals surface area contributed by atoms with Crippen molar-refractivity contribution in [2.45, 2.75) is 51.7 Å². The first-order valence-corrected chi connectivity index (χ1v) is 10.8. The summed E-state index contributed by atoms with van der Waals surface area (Å²) in [6.45, 7) is 4.99. The molecule has 142 valence electrons. The molecule has 4 nitrogen and oxygen atoms in total. The van der Waals surface area contributed by atoms with Crippen LogP contribution in [0.5, 0.6) is 0 Å². The minimum atomic E-state index is -0.911. The summed E-state index contributed by atoms with van der Waals surface area (Å²) in [5.41, 5.74) is 0. The Kier molecular flexibility index (Phi) is 9.18. The molecule has 0 saturated carbocycles. The third-order valence-corrected chi connectivity index (χ3v) is 5.68. The average molecular weight is 395 g/mol. The number of hydrogen-bond acceptors (Lipinski definition) is 6. The Hall–Kier alpha value is -1.34. The maximum atomic E-state index is 13.0. The lowest BCUT2D eigenvalue weighted by molar-refractivity contribution is -0.0452. The highest BCUT2D eigenvalue weighted by Crippen LogP contribution is 2.22. The van der Waals surface area contributed by atoms with Gasteiger partial charge in [-0.1, -0.05) is 38.8 Å². The first-order valence-electron chi connectivity index (χ1n) is 9.07. The van der Waals surface area contributed by atoms with Crippen molar-refractivity contribution in [3.8, 4) is 0 Å². The van der Waals surface area contributed by atoms with Crippen LogP contribution < -0.4 is 0 Å². The van der Waals surface area contributed by atoms with E-state index in [1.54, 1.807) is 12.1 Å². The predicted molar refractivity (Wildman–Crippen MR) is 107 cm³/mol. The van der Waals surface area contributed by atoms with Gasteiger partial charge in [0.2, 0.25) is 11.6 Å². The molecule has 0 unspecified atom stereocenters. The van der Waals surface area contributed by atoms with E-state index in [1.165, 1.54) is 22.7 Å². The summed E-state index contributed by atoms with van der Waals surface area (Å²) >= 11 is 2.72. The van der Waals surface area contributed by atoms with E-state index in [0.29, 0.717) is 23.0 Å². The van der Waals surface area contributed by atoms with E-state index in [-0.39, 0.29) is 11.6 Å². The summed E-state index contributed by atoms with van der Waals surface area (Å²) in [7, 11) is 0. The summed E-state index contributed by atoms with van der Waals surface area (Å²) in [5, 5.41) is 3.70. The van der Waals surface area contributed by atoms with Crippen molar-refractivity contribution >= 4 is 34.2 Å². The molecule has 2 rings (SSSR count). The molecule has 26 heavy (non-hydrogen) atoms. The molecule has 0 aliphatic rings. The molecular formula is C20H26O4S2. The number of ether oxygens (including phenoxy) is 2. The van der Waals surface area contributed by atoms with Gasteiger partial charge >= 0.3 is 0 Å². The molecule has 0 saturated heterocycles. The first kappa shape index (κ1) is 21.0. The number of hydrogen-bond donors (Lipinski definition) is 0. The van der Waals surface area contributed by atoms with Gasteiger partial charge in [-0.2, -0.15) is 0 Å². The highest BCUT2D eigenvalue weighted by molar-refractivity contribution is 7.12. The Morgan fingerprint density at radius 1 is 0.846 bits per heavy atom. The van der Waals surface area contributed by atoms with E-state index in [1.807, 2.05) is 22.9 Å². The lowest BCUT2D eigenvalue weighted by Crippen LogP contribution is -2.44. The second kappa shape index (κ2) is 11.4. The Morgan fingerprint density at radius 3 is 1.58 bits per heavy atom. The standard InChI is InChI=1S/C20H26O4S2/c1-3-5-11-23-19(17(21)15-9-7-13-25-15)20(24-12-6-4-2)18(22)16-10-8-14-26-16/h7-10,13-14,19-20H,3-6,11-12H2,1-2H3/t19-,20+. The van der Waals surface area contributed by atoms with Gasteiger partial charge < -0.3 is 9.47 Å². The monoisotopic (exact) mass is 394 g/mol. The molecule has 0 aliphatic carbocycles. The number of ketones is 2. The van der Waals surface area contributed by atoms with Gasteiger partial charge in [0.15, 0.2) is 12.2 Å². The largest absolute Gasteiger partial charge is 0.367 e. The number of rotatable bonds is 13. The molecule has 0 N–H and O–H groups in total. The number of thiophene rings is 2. The average Bonchev–Trinajstić information content (AvgIpc) is 3.36. The second-order valence-electron chi connectivity index (χ2n) is 5.97. The van der Waals surface area contributed by atoms with Crippen LogP contribution in [0.25, 0.3) is 0 Å². The Balaban J connectivity index is 2.25. The van der Waals surface area contributed by atoms with Gasteiger partial charge in [0.25, 0.3) is 0 Å². The molecule has 2 aromatic rings. The van der Waals surface area contributed by atoms with Crippen molar-refractivity contribution < 1.29 is 19.1 Å². The van der Waals surface area contributed by atoms with Crippen molar-refractivity contribution in [1.82, 2.24) is 0 Å². The van der Waals surface area contributed by atoms with E-state index in [9.17, 15) is 9.59 Å². The van der Waals surface area contributed by atoms with Gasteiger partial charge in [0, 0.05) is 13.2 Å². The highest BCUT2D eigenvalue weighted by atomic mass is 32.1. The third-order valence-electron chi connectivity index (χ3n) is 3.91. The molecule has 0 spiro atoms. The quantitative estimate of drug-likeness (QED) is 0.344. The molecule has 2 heterocycles.